The monoisotopic (exact) mass is 307 g/mol. The van der Waals surface area contributed by atoms with Crippen molar-refractivity contribution in [2.75, 3.05) is 5.32 Å². The topological polar surface area (TPSA) is 29.1 Å². The maximum absolute atomic E-state index is 12.7. The second-order valence-electron chi connectivity index (χ2n) is 5.17. The number of alkyl halides is 3. The Balaban J connectivity index is 2.15. The highest BCUT2D eigenvalue weighted by atomic mass is 19.4. The summed E-state index contributed by atoms with van der Waals surface area (Å²) < 4.78 is 38.1. The van der Waals surface area contributed by atoms with Crippen LogP contribution in [-0.2, 0) is 6.18 Å². The number of ketones is 1. The van der Waals surface area contributed by atoms with Crippen molar-refractivity contribution in [3.05, 3.63) is 65.2 Å². The summed E-state index contributed by atoms with van der Waals surface area (Å²) in [6.07, 6.45) is -4.45. The minimum atomic E-state index is -4.45. The second kappa shape index (κ2) is 6.22. The molecule has 0 radical (unpaired) electrons. The van der Waals surface area contributed by atoms with Gasteiger partial charge in [0.1, 0.15) is 0 Å². The fourth-order valence-corrected chi connectivity index (χ4v) is 2.06. The van der Waals surface area contributed by atoms with E-state index in [1.807, 2.05) is 31.2 Å². The third-order valence-corrected chi connectivity index (χ3v) is 3.30. The molecule has 1 unspecified atom stereocenters. The lowest BCUT2D eigenvalue weighted by molar-refractivity contribution is -0.137. The van der Waals surface area contributed by atoms with Gasteiger partial charge in [-0.2, -0.15) is 13.2 Å². The number of Topliss-reactive ketones (excluding diaryl/α,β-unsaturated/α-hetero) is 1. The Morgan fingerprint density at radius 2 is 1.73 bits per heavy atom. The molecule has 0 aliphatic heterocycles. The molecule has 0 aromatic heterocycles. The van der Waals surface area contributed by atoms with Crippen LogP contribution in [0.25, 0.3) is 0 Å². The van der Waals surface area contributed by atoms with Gasteiger partial charge in [-0.15, -0.1) is 0 Å². The summed E-state index contributed by atoms with van der Waals surface area (Å²) in [4.78, 5) is 12.3. The summed E-state index contributed by atoms with van der Waals surface area (Å²) in [5.41, 5.74) is 1.06. The Labute approximate surface area is 127 Å². The molecule has 0 fully saturated rings. The first kappa shape index (κ1) is 16.1. The summed E-state index contributed by atoms with van der Waals surface area (Å²) in [6, 6.07) is 11.3. The molecule has 116 valence electrons. The summed E-state index contributed by atoms with van der Waals surface area (Å²) >= 11 is 0. The number of carbonyl (C=O) groups is 1. The second-order valence-corrected chi connectivity index (χ2v) is 5.17. The van der Waals surface area contributed by atoms with Gasteiger partial charge in [0.05, 0.1) is 11.6 Å². The SMILES string of the molecule is Cc1ccc(NC(C)C(=O)c2cccc(C(F)(F)F)c2)cc1. The number of hydrogen-bond donors (Lipinski definition) is 1. The zero-order valence-electron chi connectivity index (χ0n) is 12.2. The lowest BCUT2D eigenvalue weighted by atomic mass is 10.0. The van der Waals surface area contributed by atoms with Gasteiger partial charge < -0.3 is 5.32 Å². The number of hydrogen-bond acceptors (Lipinski definition) is 2. The van der Waals surface area contributed by atoms with Crippen LogP contribution in [0.3, 0.4) is 0 Å². The highest BCUT2D eigenvalue weighted by molar-refractivity contribution is 6.01. The maximum Gasteiger partial charge on any atom is 0.416 e. The molecule has 0 aliphatic carbocycles. The fraction of sp³-hybridized carbons (Fsp3) is 0.235. The van der Waals surface area contributed by atoms with Crippen LogP contribution in [-0.4, -0.2) is 11.8 Å². The quantitative estimate of drug-likeness (QED) is 0.830. The molecule has 0 heterocycles. The molecule has 1 atom stereocenters. The van der Waals surface area contributed by atoms with Gasteiger partial charge in [0.15, 0.2) is 5.78 Å². The number of rotatable bonds is 4. The van der Waals surface area contributed by atoms with E-state index in [0.717, 1.165) is 23.4 Å². The van der Waals surface area contributed by atoms with Gasteiger partial charge in [0.25, 0.3) is 0 Å². The van der Waals surface area contributed by atoms with Gasteiger partial charge >= 0.3 is 6.18 Å². The standard InChI is InChI=1S/C17H16F3NO/c1-11-6-8-15(9-7-11)21-12(2)16(22)13-4-3-5-14(10-13)17(18,19)20/h3-10,12,21H,1-2H3. The van der Waals surface area contributed by atoms with Crippen molar-refractivity contribution in [1.29, 1.82) is 0 Å². The van der Waals surface area contributed by atoms with Gasteiger partial charge in [0, 0.05) is 11.3 Å². The summed E-state index contributed by atoms with van der Waals surface area (Å²) in [5, 5.41) is 2.99. The number of carbonyl (C=O) groups excluding carboxylic acids is 1. The molecule has 0 saturated heterocycles. The number of aryl methyl sites for hydroxylation is 1. The zero-order chi connectivity index (χ0) is 16.3. The lowest BCUT2D eigenvalue weighted by Crippen LogP contribution is -2.26. The predicted molar refractivity (Wildman–Crippen MR) is 80.0 cm³/mol. The largest absolute Gasteiger partial charge is 0.416 e. The van der Waals surface area contributed by atoms with E-state index >= 15 is 0 Å². The molecule has 0 saturated carbocycles. The average Bonchev–Trinajstić information content (AvgIpc) is 2.48. The molecule has 2 aromatic rings. The molecule has 2 aromatic carbocycles. The zero-order valence-corrected chi connectivity index (χ0v) is 12.2. The smallest absolute Gasteiger partial charge is 0.375 e. The molecule has 2 rings (SSSR count). The highest BCUT2D eigenvalue weighted by Gasteiger charge is 2.31. The molecule has 0 spiro atoms. The van der Waals surface area contributed by atoms with Crippen LogP contribution in [0.1, 0.15) is 28.4 Å². The van der Waals surface area contributed by atoms with Crippen LogP contribution < -0.4 is 5.32 Å². The lowest BCUT2D eigenvalue weighted by Gasteiger charge is -2.15. The Bertz CT molecular complexity index is 662. The van der Waals surface area contributed by atoms with Gasteiger partial charge in [0.2, 0.25) is 0 Å². The molecule has 22 heavy (non-hydrogen) atoms. The van der Waals surface area contributed by atoms with E-state index in [9.17, 15) is 18.0 Å². The van der Waals surface area contributed by atoms with Crippen molar-refractivity contribution in [1.82, 2.24) is 0 Å². The van der Waals surface area contributed by atoms with E-state index in [1.54, 1.807) is 6.92 Å². The Morgan fingerprint density at radius 1 is 1.09 bits per heavy atom. The van der Waals surface area contributed by atoms with Crippen molar-refractivity contribution < 1.29 is 18.0 Å². The minimum Gasteiger partial charge on any atom is -0.375 e. The third kappa shape index (κ3) is 3.87. The minimum absolute atomic E-state index is 0.0435. The van der Waals surface area contributed by atoms with Gasteiger partial charge in [-0.1, -0.05) is 29.8 Å². The third-order valence-electron chi connectivity index (χ3n) is 3.30. The van der Waals surface area contributed by atoms with E-state index in [0.29, 0.717) is 0 Å². The first-order valence-electron chi connectivity index (χ1n) is 6.82. The van der Waals surface area contributed by atoms with Crippen LogP contribution in [0.2, 0.25) is 0 Å². The first-order valence-corrected chi connectivity index (χ1v) is 6.82. The predicted octanol–water partition coefficient (Wildman–Crippen LogP) is 4.70. The van der Waals surface area contributed by atoms with Gasteiger partial charge in [-0.05, 0) is 38.1 Å². The molecule has 2 nitrogen and oxygen atoms in total. The number of nitrogens with one attached hydrogen (secondary N) is 1. The van der Waals surface area contributed by atoms with Crippen LogP contribution in [0.15, 0.2) is 48.5 Å². The number of anilines is 1. The van der Waals surface area contributed by atoms with E-state index in [4.69, 9.17) is 0 Å². The number of benzene rings is 2. The van der Waals surface area contributed by atoms with Crippen molar-refractivity contribution in [2.24, 2.45) is 0 Å². The molecular formula is C17H16F3NO. The molecule has 0 aliphatic rings. The number of halogens is 3. The molecule has 1 N–H and O–H groups in total. The van der Waals surface area contributed by atoms with E-state index in [-0.39, 0.29) is 11.3 Å². The summed E-state index contributed by atoms with van der Waals surface area (Å²) in [6.45, 7) is 3.57. The molecule has 0 bridgehead atoms. The Kier molecular flexibility index (Phi) is 4.54. The first-order chi connectivity index (χ1) is 10.3. The Hall–Kier alpha value is -2.30. The van der Waals surface area contributed by atoms with Crippen molar-refractivity contribution in [2.45, 2.75) is 26.1 Å². The van der Waals surface area contributed by atoms with Gasteiger partial charge in [-0.25, -0.2) is 0 Å². The summed E-state index contributed by atoms with van der Waals surface area (Å²) in [7, 11) is 0. The van der Waals surface area contributed by atoms with E-state index in [1.165, 1.54) is 12.1 Å². The normalized spacial score (nSPS) is 12.8. The van der Waals surface area contributed by atoms with E-state index < -0.39 is 17.8 Å². The maximum atomic E-state index is 12.7. The van der Waals surface area contributed by atoms with E-state index in [2.05, 4.69) is 5.32 Å². The van der Waals surface area contributed by atoms with Crippen LogP contribution >= 0.6 is 0 Å². The summed E-state index contributed by atoms with van der Waals surface area (Å²) in [5.74, 6) is -0.383. The van der Waals surface area contributed by atoms with Crippen LogP contribution in [0.4, 0.5) is 18.9 Å². The van der Waals surface area contributed by atoms with Crippen molar-refractivity contribution in [3.63, 3.8) is 0 Å². The van der Waals surface area contributed by atoms with Crippen molar-refractivity contribution >= 4 is 11.5 Å². The fourth-order valence-electron chi connectivity index (χ4n) is 2.06. The Morgan fingerprint density at radius 3 is 2.32 bits per heavy atom. The van der Waals surface area contributed by atoms with Crippen molar-refractivity contribution in [3.8, 4) is 0 Å². The molecule has 5 heteroatoms. The van der Waals surface area contributed by atoms with Gasteiger partial charge in [-0.3, -0.25) is 4.79 Å². The van der Waals surface area contributed by atoms with Crippen LogP contribution in [0, 0.1) is 6.92 Å². The van der Waals surface area contributed by atoms with Crippen LogP contribution in [0.5, 0.6) is 0 Å². The molecular weight excluding hydrogens is 291 g/mol. The molecule has 0 amide bonds. The average molecular weight is 307 g/mol. The highest BCUT2D eigenvalue weighted by Crippen LogP contribution is 2.29.